The molecular formula is C24H21Cl2N3O2S. The summed E-state index contributed by atoms with van der Waals surface area (Å²) in [5.41, 5.74) is 6.12. The number of nitrogens with one attached hydrogen (secondary N) is 2. The number of benzene rings is 3. The fraction of sp³-hybridized carbons (Fsp3) is 0.125. The number of hydrogen-bond donors (Lipinski definition) is 2. The Kier molecular flexibility index (Phi) is 8.73. The summed E-state index contributed by atoms with van der Waals surface area (Å²) >= 11 is 13.7. The lowest BCUT2D eigenvalue weighted by Crippen LogP contribution is -2.21. The molecule has 0 aromatic heterocycles. The highest BCUT2D eigenvalue weighted by molar-refractivity contribution is 7.99. The Morgan fingerprint density at radius 1 is 0.875 bits per heavy atom. The molecule has 2 amide bonds. The van der Waals surface area contributed by atoms with Gasteiger partial charge in [0.15, 0.2) is 0 Å². The third-order valence-electron chi connectivity index (χ3n) is 4.49. The lowest BCUT2D eigenvalue weighted by atomic mass is 10.1. The predicted molar refractivity (Wildman–Crippen MR) is 134 cm³/mol. The van der Waals surface area contributed by atoms with Crippen LogP contribution in [0.3, 0.4) is 0 Å². The Balaban J connectivity index is 1.49. The molecule has 2 N–H and O–H groups in total. The number of carbonyl (C=O) groups is 2. The van der Waals surface area contributed by atoms with Crippen molar-refractivity contribution in [3.63, 3.8) is 0 Å². The van der Waals surface area contributed by atoms with Crippen molar-refractivity contribution < 1.29 is 9.59 Å². The van der Waals surface area contributed by atoms with E-state index in [1.165, 1.54) is 11.8 Å². The van der Waals surface area contributed by atoms with Crippen molar-refractivity contribution in [2.45, 2.75) is 12.7 Å². The minimum absolute atomic E-state index is 0.174. The minimum Gasteiger partial charge on any atom is -0.322 e. The van der Waals surface area contributed by atoms with Crippen LogP contribution in [0.1, 0.15) is 28.4 Å². The Bertz CT molecular complexity index is 1100. The molecule has 0 bridgehead atoms. The van der Waals surface area contributed by atoms with Crippen LogP contribution in [0.5, 0.6) is 0 Å². The maximum absolute atomic E-state index is 12.2. The summed E-state index contributed by atoms with van der Waals surface area (Å²) in [7, 11) is 0. The number of nitrogens with zero attached hydrogens (tertiary/aromatic N) is 1. The first-order valence-corrected chi connectivity index (χ1v) is 11.7. The molecule has 0 unspecified atom stereocenters. The zero-order chi connectivity index (χ0) is 22.9. The molecule has 32 heavy (non-hydrogen) atoms. The molecule has 0 atom stereocenters. The SMILES string of the molecule is C/C(=N/NC(=O)CSCc1c(Cl)cccc1Cl)c1ccc(NC(=O)c2ccccc2)cc1. The zero-order valence-corrected chi connectivity index (χ0v) is 19.6. The van der Waals surface area contributed by atoms with Gasteiger partial charge < -0.3 is 5.32 Å². The number of hydrogen-bond acceptors (Lipinski definition) is 4. The largest absolute Gasteiger partial charge is 0.322 e. The van der Waals surface area contributed by atoms with Gasteiger partial charge in [-0.1, -0.05) is 59.6 Å². The van der Waals surface area contributed by atoms with Crippen LogP contribution in [0.15, 0.2) is 77.9 Å². The van der Waals surface area contributed by atoms with Gasteiger partial charge in [0.1, 0.15) is 0 Å². The molecule has 0 fully saturated rings. The molecule has 0 spiro atoms. The highest BCUT2D eigenvalue weighted by Gasteiger charge is 2.08. The second-order valence-corrected chi connectivity index (χ2v) is 8.62. The molecule has 0 aliphatic heterocycles. The highest BCUT2D eigenvalue weighted by atomic mass is 35.5. The number of anilines is 1. The van der Waals surface area contributed by atoms with E-state index in [0.29, 0.717) is 32.8 Å². The lowest BCUT2D eigenvalue weighted by molar-refractivity contribution is -0.118. The van der Waals surface area contributed by atoms with Gasteiger partial charge in [0.05, 0.1) is 11.5 Å². The normalized spacial score (nSPS) is 11.2. The summed E-state index contributed by atoms with van der Waals surface area (Å²) in [5, 5.41) is 8.18. The summed E-state index contributed by atoms with van der Waals surface area (Å²) in [6.07, 6.45) is 0. The van der Waals surface area contributed by atoms with Crippen molar-refractivity contribution in [3.05, 3.63) is 99.5 Å². The van der Waals surface area contributed by atoms with E-state index in [2.05, 4.69) is 15.8 Å². The molecule has 0 saturated heterocycles. The van der Waals surface area contributed by atoms with E-state index in [-0.39, 0.29) is 17.6 Å². The molecule has 3 aromatic rings. The van der Waals surface area contributed by atoms with Crippen LogP contribution in [0.25, 0.3) is 0 Å². The maximum Gasteiger partial charge on any atom is 0.255 e. The van der Waals surface area contributed by atoms with Gasteiger partial charge in [-0.3, -0.25) is 9.59 Å². The van der Waals surface area contributed by atoms with Gasteiger partial charge in [-0.2, -0.15) is 5.10 Å². The minimum atomic E-state index is -0.218. The predicted octanol–water partition coefficient (Wildman–Crippen LogP) is 6.02. The third kappa shape index (κ3) is 6.85. The standard InChI is InChI=1S/C24H21Cl2N3O2S/c1-16(28-29-23(30)15-32-14-20-21(25)8-5-9-22(20)26)17-10-12-19(13-11-17)27-24(31)18-6-3-2-4-7-18/h2-13H,14-15H2,1H3,(H,27,31)(H,29,30)/b28-16-. The molecule has 0 heterocycles. The van der Waals surface area contributed by atoms with Gasteiger partial charge >= 0.3 is 0 Å². The molecule has 3 aromatic carbocycles. The van der Waals surface area contributed by atoms with E-state index in [1.54, 1.807) is 49.4 Å². The van der Waals surface area contributed by atoms with Crippen molar-refractivity contribution >= 4 is 58.2 Å². The average Bonchev–Trinajstić information content (AvgIpc) is 2.80. The van der Waals surface area contributed by atoms with E-state index in [9.17, 15) is 9.59 Å². The molecule has 0 saturated carbocycles. The highest BCUT2D eigenvalue weighted by Crippen LogP contribution is 2.28. The fourth-order valence-electron chi connectivity index (χ4n) is 2.75. The van der Waals surface area contributed by atoms with Crippen molar-refractivity contribution in [2.75, 3.05) is 11.1 Å². The Labute approximate surface area is 201 Å². The Morgan fingerprint density at radius 3 is 2.19 bits per heavy atom. The number of rotatable bonds is 8. The van der Waals surface area contributed by atoms with Gasteiger partial charge in [-0.25, -0.2) is 5.43 Å². The zero-order valence-electron chi connectivity index (χ0n) is 17.3. The van der Waals surface area contributed by atoms with Gasteiger partial charge in [0, 0.05) is 27.0 Å². The van der Waals surface area contributed by atoms with Crippen LogP contribution in [0, 0.1) is 0 Å². The van der Waals surface area contributed by atoms with Crippen molar-refractivity contribution in [1.29, 1.82) is 0 Å². The first-order chi connectivity index (χ1) is 15.4. The van der Waals surface area contributed by atoms with Crippen LogP contribution in [-0.4, -0.2) is 23.3 Å². The maximum atomic E-state index is 12.2. The monoisotopic (exact) mass is 485 g/mol. The summed E-state index contributed by atoms with van der Waals surface area (Å²) in [5.74, 6) is 0.365. The number of hydrazone groups is 1. The van der Waals surface area contributed by atoms with Gasteiger partial charge in [-0.05, 0) is 54.4 Å². The molecule has 0 radical (unpaired) electrons. The van der Waals surface area contributed by atoms with Crippen LogP contribution in [0.2, 0.25) is 10.0 Å². The third-order valence-corrected chi connectivity index (χ3v) is 6.15. The second-order valence-electron chi connectivity index (χ2n) is 6.82. The number of thioether (sulfide) groups is 1. The van der Waals surface area contributed by atoms with Crippen LogP contribution < -0.4 is 10.7 Å². The van der Waals surface area contributed by atoms with E-state index in [1.807, 2.05) is 30.3 Å². The van der Waals surface area contributed by atoms with Crippen molar-refractivity contribution in [1.82, 2.24) is 5.43 Å². The number of carbonyl (C=O) groups excluding carboxylic acids is 2. The van der Waals surface area contributed by atoms with E-state index >= 15 is 0 Å². The average molecular weight is 486 g/mol. The van der Waals surface area contributed by atoms with Gasteiger partial charge in [0.25, 0.3) is 5.91 Å². The van der Waals surface area contributed by atoms with Crippen molar-refractivity contribution in [3.8, 4) is 0 Å². The topological polar surface area (TPSA) is 70.6 Å². The molecular weight excluding hydrogens is 465 g/mol. The summed E-state index contributed by atoms with van der Waals surface area (Å²) in [6.45, 7) is 1.80. The molecule has 8 heteroatoms. The molecule has 0 aliphatic carbocycles. The molecule has 3 rings (SSSR count). The Hall–Kier alpha value is -2.80. The molecule has 164 valence electrons. The molecule has 0 aliphatic rings. The smallest absolute Gasteiger partial charge is 0.255 e. The number of amides is 2. The second kappa shape index (κ2) is 11.7. The van der Waals surface area contributed by atoms with Crippen molar-refractivity contribution in [2.24, 2.45) is 5.10 Å². The van der Waals surface area contributed by atoms with Crippen LogP contribution in [-0.2, 0) is 10.5 Å². The van der Waals surface area contributed by atoms with Crippen LogP contribution >= 0.6 is 35.0 Å². The first kappa shape index (κ1) is 23.9. The lowest BCUT2D eigenvalue weighted by Gasteiger charge is -2.08. The van der Waals surface area contributed by atoms with E-state index in [0.717, 1.165) is 11.1 Å². The summed E-state index contributed by atoms with van der Waals surface area (Å²) in [6, 6.07) is 21.6. The number of halogens is 2. The quantitative estimate of drug-likeness (QED) is 0.302. The van der Waals surface area contributed by atoms with E-state index in [4.69, 9.17) is 23.2 Å². The van der Waals surface area contributed by atoms with Crippen LogP contribution in [0.4, 0.5) is 5.69 Å². The summed E-state index contributed by atoms with van der Waals surface area (Å²) < 4.78 is 0. The summed E-state index contributed by atoms with van der Waals surface area (Å²) in [4.78, 5) is 24.3. The first-order valence-electron chi connectivity index (χ1n) is 9.74. The fourth-order valence-corrected chi connectivity index (χ4v) is 4.30. The van der Waals surface area contributed by atoms with Gasteiger partial charge in [-0.15, -0.1) is 11.8 Å². The van der Waals surface area contributed by atoms with E-state index < -0.39 is 0 Å². The Morgan fingerprint density at radius 2 is 1.53 bits per heavy atom. The van der Waals surface area contributed by atoms with Gasteiger partial charge in [0.2, 0.25) is 5.91 Å². The molecule has 5 nitrogen and oxygen atoms in total.